The largest absolute Gasteiger partial charge is 0.308 e. The maximum absolute atomic E-state index is 6.03. The number of rotatable bonds is 2. The molecule has 1 heterocycles. The summed E-state index contributed by atoms with van der Waals surface area (Å²) in [5, 5.41) is 2.66. The fourth-order valence-electron chi connectivity index (χ4n) is 1.84. The van der Waals surface area contributed by atoms with Gasteiger partial charge in [-0.05, 0) is 24.3 Å². The molecule has 15 heavy (non-hydrogen) atoms. The number of nitrogens with one attached hydrogen (secondary N) is 1. The second kappa shape index (κ2) is 4.96. The van der Waals surface area contributed by atoms with Crippen LogP contribution in [0.1, 0.15) is 30.6 Å². The molecule has 82 valence electrons. The number of hydrogen-bond acceptors (Lipinski definition) is 3. The molecule has 1 aliphatic rings. The van der Waals surface area contributed by atoms with E-state index < -0.39 is 0 Å². The first-order valence-electron chi connectivity index (χ1n) is 5.09. The van der Waals surface area contributed by atoms with Gasteiger partial charge in [-0.1, -0.05) is 24.4 Å². The summed E-state index contributed by atoms with van der Waals surface area (Å²) in [6, 6.07) is 2.28. The molecule has 3 N–H and O–H groups in total. The van der Waals surface area contributed by atoms with Gasteiger partial charge in [-0.3, -0.25) is 4.99 Å². The summed E-state index contributed by atoms with van der Waals surface area (Å²) in [6.45, 7) is 0. The number of hydrogen-bond donors (Lipinski definition) is 2. The molecule has 0 unspecified atom stereocenters. The average Bonchev–Trinajstić information content (AvgIpc) is 2.85. The van der Waals surface area contributed by atoms with Crippen molar-refractivity contribution in [2.75, 3.05) is 0 Å². The van der Waals surface area contributed by atoms with Gasteiger partial charge in [0.1, 0.15) is 0 Å². The van der Waals surface area contributed by atoms with Crippen molar-refractivity contribution in [2.45, 2.75) is 31.7 Å². The zero-order valence-corrected chi connectivity index (χ0v) is 9.94. The van der Waals surface area contributed by atoms with E-state index in [0.29, 0.717) is 6.04 Å². The number of aliphatic imine (C=N–C) groups is 1. The molecule has 2 rings (SSSR count). The summed E-state index contributed by atoms with van der Waals surface area (Å²) >= 11 is 7.59. The fraction of sp³-hybridized carbons (Fsp3) is 0.500. The molecule has 0 bridgehead atoms. The van der Waals surface area contributed by atoms with E-state index in [1.54, 1.807) is 11.3 Å². The van der Waals surface area contributed by atoms with Crippen molar-refractivity contribution in [2.24, 2.45) is 10.8 Å². The highest BCUT2D eigenvalue weighted by Crippen LogP contribution is 2.25. The Morgan fingerprint density at radius 1 is 1.53 bits per heavy atom. The highest BCUT2D eigenvalue weighted by atomic mass is 35.5. The van der Waals surface area contributed by atoms with E-state index in [4.69, 9.17) is 17.4 Å². The van der Waals surface area contributed by atoms with E-state index in [2.05, 4.69) is 10.4 Å². The first kappa shape index (κ1) is 10.9. The van der Waals surface area contributed by atoms with Crippen molar-refractivity contribution in [3.8, 4) is 0 Å². The van der Waals surface area contributed by atoms with Gasteiger partial charge in [0.15, 0.2) is 5.84 Å². The van der Waals surface area contributed by atoms with Crippen molar-refractivity contribution < 1.29 is 0 Å². The molecule has 0 aliphatic heterocycles. The molecule has 0 atom stereocenters. The Labute approximate surface area is 98.3 Å². The van der Waals surface area contributed by atoms with Gasteiger partial charge in [-0.15, -0.1) is 11.3 Å². The van der Waals surface area contributed by atoms with Crippen LogP contribution in [-0.2, 0) is 0 Å². The summed E-state index contributed by atoms with van der Waals surface area (Å²) in [5.74, 6) is 6.20. The minimum Gasteiger partial charge on any atom is -0.308 e. The van der Waals surface area contributed by atoms with E-state index in [0.717, 1.165) is 28.6 Å². The average molecular weight is 244 g/mol. The molecule has 0 aromatic carbocycles. The molecule has 1 fully saturated rings. The van der Waals surface area contributed by atoms with Crippen LogP contribution in [0.4, 0.5) is 0 Å². The predicted octanol–water partition coefficient (Wildman–Crippen LogP) is 2.55. The molecule has 1 saturated carbocycles. The molecule has 5 heteroatoms. The van der Waals surface area contributed by atoms with Gasteiger partial charge in [0, 0.05) is 0 Å². The summed E-state index contributed by atoms with van der Waals surface area (Å²) in [6.07, 6.45) is 4.86. The van der Waals surface area contributed by atoms with Crippen LogP contribution in [0.5, 0.6) is 0 Å². The smallest absolute Gasteiger partial charge is 0.154 e. The molecule has 3 nitrogen and oxygen atoms in total. The van der Waals surface area contributed by atoms with Gasteiger partial charge in [0.2, 0.25) is 0 Å². The number of hydrazine groups is 1. The Bertz CT molecular complexity index is 355. The third kappa shape index (κ3) is 2.51. The van der Waals surface area contributed by atoms with Crippen molar-refractivity contribution in [1.82, 2.24) is 5.43 Å². The van der Waals surface area contributed by atoms with Gasteiger partial charge >= 0.3 is 0 Å². The zero-order valence-electron chi connectivity index (χ0n) is 8.37. The Morgan fingerprint density at radius 3 is 2.80 bits per heavy atom. The van der Waals surface area contributed by atoms with Gasteiger partial charge < -0.3 is 5.43 Å². The third-order valence-corrected chi connectivity index (χ3v) is 3.95. The lowest BCUT2D eigenvalue weighted by Gasteiger charge is -2.08. The van der Waals surface area contributed by atoms with Crippen LogP contribution in [0.25, 0.3) is 0 Å². The van der Waals surface area contributed by atoms with Crippen LogP contribution >= 0.6 is 22.9 Å². The second-order valence-electron chi connectivity index (χ2n) is 3.66. The quantitative estimate of drug-likeness (QED) is 0.363. The minimum absolute atomic E-state index is 0.411. The highest BCUT2D eigenvalue weighted by molar-refractivity contribution is 7.12. The summed E-state index contributed by atoms with van der Waals surface area (Å²) < 4.78 is 0. The van der Waals surface area contributed by atoms with Gasteiger partial charge in [-0.25, -0.2) is 5.84 Å². The van der Waals surface area contributed by atoms with E-state index >= 15 is 0 Å². The predicted molar refractivity (Wildman–Crippen MR) is 65.4 cm³/mol. The van der Waals surface area contributed by atoms with Crippen LogP contribution in [-0.4, -0.2) is 11.9 Å². The van der Waals surface area contributed by atoms with Crippen LogP contribution in [0, 0.1) is 0 Å². The van der Waals surface area contributed by atoms with Crippen LogP contribution in [0.3, 0.4) is 0 Å². The number of halogens is 1. The van der Waals surface area contributed by atoms with Crippen molar-refractivity contribution in [3.63, 3.8) is 0 Å². The van der Waals surface area contributed by atoms with Crippen LogP contribution in [0.15, 0.2) is 16.4 Å². The Balaban J connectivity index is 2.19. The van der Waals surface area contributed by atoms with Gasteiger partial charge in [0.25, 0.3) is 0 Å². The zero-order chi connectivity index (χ0) is 10.7. The molecule has 0 radical (unpaired) electrons. The maximum Gasteiger partial charge on any atom is 0.154 e. The lowest BCUT2D eigenvalue weighted by molar-refractivity contribution is 0.701. The van der Waals surface area contributed by atoms with Gasteiger partial charge in [0.05, 0.1) is 15.9 Å². The molecular weight excluding hydrogens is 230 g/mol. The molecule has 1 aliphatic carbocycles. The summed E-state index contributed by atoms with van der Waals surface area (Å²) in [5.41, 5.74) is 2.65. The van der Waals surface area contributed by atoms with Crippen LogP contribution in [0.2, 0.25) is 5.02 Å². The molecule has 1 aromatic heterocycles. The minimum atomic E-state index is 0.411. The molecule has 0 amide bonds. The molecule has 1 aromatic rings. The Kier molecular flexibility index (Phi) is 3.61. The third-order valence-electron chi connectivity index (χ3n) is 2.61. The van der Waals surface area contributed by atoms with E-state index in [9.17, 15) is 0 Å². The lowest BCUT2D eigenvalue weighted by Crippen LogP contribution is -2.31. The van der Waals surface area contributed by atoms with Crippen molar-refractivity contribution in [3.05, 3.63) is 21.3 Å². The lowest BCUT2D eigenvalue weighted by atomic mass is 10.2. The summed E-state index contributed by atoms with van der Waals surface area (Å²) in [7, 11) is 0. The number of nitrogens with zero attached hydrogens (tertiary/aromatic N) is 1. The first-order valence-corrected chi connectivity index (χ1v) is 6.35. The molecular formula is C10H14ClN3S. The molecule has 0 spiro atoms. The maximum atomic E-state index is 6.03. The standard InChI is InChI=1S/C10H14ClN3S/c11-8-5-6-15-9(8)10(14-12)13-7-3-1-2-4-7/h5-7H,1-4,12H2,(H,13,14). The van der Waals surface area contributed by atoms with E-state index in [1.807, 2.05) is 11.4 Å². The monoisotopic (exact) mass is 243 g/mol. The number of nitrogens with two attached hydrogens (primary N) is 1. The fourth-order valence-corrected chi connectivity index (χ4v) is 2.95. The number of amidine groups is 1. The topological polar surface area (TPSA) is 50.4 Å². The normalized spacial score (nSPS) is 18.4. The van der Waals surface area contributed by atoms with Gasteiger partial charge in [-0.2, -0.15) is 0 Å². The van der Waals surface area contributed by atoms with Crippen molar-refractivity contribution >= 4 is 28.8 Å². The van der Waals surface area contributed by atoms with E-state index in [1.165, 1.54) is 12.8 Å². The Hall–Kier alpha value is -0.580. The molecule has 0 saturated heterocycles. The second-order valence-corrected chi connectivity index (χ2v) is 4.98. The highest BCUT2D eigenvalue weighted by Gasteiger charge is 2.16. The first-order chi connectivity index (χ1) is 7.31. The van der Waals surface area contributed by atoms with E-state index in [-0.39, 0.29) is 0 Å². The Morgan fingerprint density at radius 2 is 2.27 bits per heavy atom. The summed E-state index contributed by atoms with van der Waals surface area (Å²) in [4.78, 5) is 5.54. The number of thiophene rings is 1. The van der Waals surface area contributed by atoms with Crippen molar-refractivity contribution in [1.29, 1.82) is 0 Å². The SMILES string of the molecule is NNC(=NC1CCCC1)c1sccc1Cl. The van der Waals surface area contributed by atoms with Crippen LogP contribution < -0.4 is 11.3 Å².